The number of anilines is 1. The van der Waals surface area contributed by atoms with Crippen LogP contribution in [0.3, 0.4) is 0 Å². The van der Waals surface area contributed by atoms with E-state index in [1.54, 1.807) is 24.3 Å². The lowest BCUT2D eigenvalue weighted by Gasteiger charge is -2.10. The van der Waals surface area contributed by atoms with Gasteiger partial charge in [-0.15, -0.1) is 0 Å². The Labute approximate surface area is 117 Å². The molecule has 0 atom stereocenters. The number of nitrogens with zero attached hydrogens (tertiary/aromatic N) is 1. The van der Waals surface area contributed by atoms with Crippen LogP contribution in [-0.4, -0.2) is 0 Å². The molecule has 90 valence electrons. The molecule has 2 rings (SSSR count). The number of para-hydroxylation sites is 1. The first-order chi connectivity index (χ1) is 8.61. The molecular weight excluding hydrogens is 346 g/mol. The molecular formula is C13H8FIN2O. The second-order valence-corrected chi connectivity index (χ2v) is 4.68. The van der Waals surface area contributed by atoms with E-state index in [0.29, 0.717) is 20.6 Å². The maximum absolute atomic E-state index is 13.4. The average molecular weight is 354 g/mol. The van der Waals surface area contributed by atoms with E-state index in [1.807, 2.05) is 28.7 Å². The van der Waals surface area contributed by atoms with Crippen molar-refractivity contribution < 1.29 is 9.13 Å². The highest BCUT2D eigenvalue weighted by Crippen LogP contribution is 2.31. The topological polar surface area (TPSA) is 59.0 Å². The van der Waals surface area contributed by atoms with E-state index in [9.17, 15) is 4.39 Å². The van der Waals surface area contributed by atoms with Crippen molar-refractivity contribution in [3.05, 3.63) is 51.3 Å². The molecule has 0 aliphatic heterocycles. The Bertz CT molecular complexity index is 637. The summed E-state index contributed by atoms with van der Waals surface area (Å²) in [5.41, 5.74) is 6.45. The third-order valence-electron chi connectivity index (χ3n) is 2.28. The van der Waals surface area contributed by atoms with E-state index < -0.39 is 5.82 Å². The van der Waals surface area contributed by atoms with Gasteiger partial charge in [-0.3, -0.25) is 0 Å². The third-order valence-corrected chi connectivity index (χ3v) is 3.11. The minimum Gasteiger partial charge on any atom is -0.454 e. The van der Waals surface area contributed by atoms with Crippen molar-refractivity contribution in [1.82, 2.24) is 0 Å². The van der Waals surface area contributed by atoms with Gasteiger partial charge in [0.05, 0.1) is 14.8 Å². The summed E-state index contributed by atoms with van der Waals surface area (Å²) < 4.78 is 19.3. The molecule has 0 amide bonds. The summed E-state index contributed by atoms with van der Waals surface area (Å²) in [6, 6.07) is 11.4. The van der Waals surface area contributed by atoms with Gasteiger partial charge >= 0.3 is 0 Å². The highest BCUT2D eigenvalue weighted by atomic mass is 127. The van der Waals surface area contributed by atoms with Crippen LogP contribution in [0.15, 0.2) is 36.4 Å². The van der Waals surface area contributed by atoms with Crippen molar-refractivity contribution in [3.63, 3.8) is 0 Å². The number of hydrogen-bond acceptors (Lipinski definition) is 3. The van der Waals surface area contributed by atoms with Gasteiger partial charge in [0.2, 0.25) is 0 Å². The van der Waals surface area contributed by atoms with Gasteiger partial charge in [-0.2, -0.15) is 5.26 Å². The maximum Gasteiger partial charge on any atom is 0.153 e. The van der Waals surface area contributed by atoms with Gasteiger partial charge < -0.3 is 10.5 Å². The van der Waals surface area contributed by atoms with Crippen LogP contribution in [0.1, 0.15) is 5.56 Å². The summed E-state index contributed by atoms with van der Waals surface area (Å²) in [6.45, 7) is 0. The Morgan fingerprint density at radius 1 is 1.22 bits per heavy atom. The summed E-state index contributed by atoms with van der Waals surface area (Å²) in [5, 5.41) is 8.93. The predicted molar refractivity (Wildman–Crippen MR) is 74.8 cm³/mol. The van der Waals surface area contributed by atoms with Crippen molar-refractivity contribution in [3.8, 4) is 17.6 Å². The summed E-state index contributed by atoms with van der Waals surface area (Å²) in [5.74, 6) is 0.150. The van der Waals surface area contributed by atoms with E-state index in [2.05, 4.69) is 0 Å². The first-order valence-electron chi connectivity index (χ1n) is 5.03. The predicted octanol–water partition coefficient (Wildman–Crippen LogP) is 3.68. The number of halogens is 2. The van der Waals surface area contributed by atoms with Crippen LogP contribution in [-0.2, 0) is 0 Å². The minimum absolute atomic E-state index is 0.204. The van der Waals surface area contributed by atoms with Crippen LogP contribution in [0.2, 0.25) is 0 Å². The van der Waals surface area contributed by atoms with Gasteiger partial charge in [0.1, 0.15) is 17.6 Å². The van der Waals surface area contributed by atoms with Crippen LogP contribution in [0, 0.1) is 20.7 Å². The van der Waals surface area contributed by atoms with Crippen molar-refractivity contribution in [2.24, 2.45) is 0 Å². The van der Waals surface area contributed by atoms with E-state index in [4.69, 9.17) is 15.7 Å². The fraction of sp³-hybridized carbons (Fsp3) is 0. The van der Waals surface area contributed by atoms with Crippen molar-refractivity contribution in [2.75, 3.05) is 5.73 Å². The van der Waals surface area contributed by atoms with E-state index >= 15 is 0 Å². The standard InChI is InChI=1S/C13H8FIN2O/c14-9-5-13(11(17)6-10(9)15)18-12-4-2-1-3-8(12)7-16/h1-6H,17H2. The smallest absolute Gasteiger partial charge is 0.153 e. The lowest BCUT2D eigenvalue weighted by molar-refractivity contribution is 0.477. The Morgan fingerprint density at radius 2 is 1.94 bits per heavy atom. The second-order valence-electron chi connectivity index (χ2n) is 3.51. The molecule has 2 aromatic carbocycles. The summed E-state index contributed by atoms with van der Waals surface area (Å²) in [6.07, 6.45) is 0. The fourth-order valence-electron chi connectivity index (χ4n) is 1.40. The molecule has 0 aliphatic carbocycles. The molecule has 0 saturated carbocycles. The number of nitriles is 1. The zero-order chi connectivity index (χ0) is 13.1. The Morgan fingerprint density at radius 3 is 2.67 bits per heavy atom. The number of rotatable bonds is 2. The van der Waals surface area contributed by atoms with Crippen LogP contribution in [0.25, 0.3) is 0 Å². The lowest BCUT2D eigenvalue weighted by Crippen LogP contribution is -1.96. The molecule has 5 heteroatoms. The normalized spacial score (nSPS) is 9.83. The first-order valence-corrected chi connectivity index (χ1v) is 6.11. The molecule has 3 nitrogen and oxygen atoms in total. The Kier molecular flexibility index (Phi) is 3.67. The highest BCUT2D eigenvalue weighted by molar-refractivity contribution is 14.1. The van der Waals surface area contributed by atoms with Crippen LogP contribution in [0.5, 0.6) is 11.5 Å². The van der Waals surface area contributed by atoms with Gasteiger partial charge in [0.25, 0.3) is 0 Å². The van der Waals surface area contributed by atoms with Gasteiger partial charge in [-0.1, -0.05) is 12.1 Å². The Balaban J connectivity index is 2.41. The summed E-state index contributed by atoms with van der Waals surface area (Å²) in [7, 11) is 0. The molecule has 0 heterocycles. The molecule has 0 fully saturated rings. The monoisotopic (exact) mass is 354 g/mol. The fourth-order valence-corrected chi connectivity index (χ4v) is 1.89. The van der Waals surface area contributed by atoms with E-state index in [0.717, 1.165) is 0 Å². The number of hydrogen-bond donors (Lipinski definition) is 1. The number of nitrogen functional groups attached to an aromatic ring is 1. The number of nitrogens with two attached hydrogens (primary N) is 1. The molecule has 0 bridgehead atoms. The molecule has 0 saturated heterocycles. The van der Waals surface area contributed by atoms with E-state index in [1.165, 1.54) is 12.1 Å². The molecule has 0 aromatic heterocycles. The molecule has 0 spiro atoms. The van der Waals surface area contributed by atoms with Crippen LogP contribution >= 0.6 is 22.6 Å². The zero-order valence-electron chi connectivity index (χ0n) is 9.15. The molecule has 18 heavy (non-hydrogen) atoms. The van der Waals surface area contributed by atoms with Gasteiger partial charge in [0, 0.05) is 6.07 Å². The number of ether oxygens (including phenoxy) is 1. The molecule has 0 radical (unpaired) electrons. The SMILES string of the molecule is N#Cc1ccccc1Oc1cc(F)c(I)cc1N. The van der Waals surface area contributed by atoms with Crippen molar-refractivity contribution >= 4 is 28.3 Å². The molecule has 2 N–H and O–H groups in total. The quantitative estimate of drug-likeness (QED) is 0.661. The van der Waals surface area contributed by atoms with Crippen LogP contribution < -0.4 is 10.5 Å². The van der Waals surface area contributed by atoms with E-state index in [-0.39, 0.29) is 5.75 Å². The van der Waals surface area contributed by atoms with Crippen molar-refractivity contribution in [1.29, 1.82) is 5.26 Å². The highest BCUT2D eigenvalue weighted by Gasteiger charge is 2.10. The first kappa shape index (κ1) is 12.6. The molecule has 0 unspecified atom stereocenters. The van der Waals surface area contributed by atoms with Crippen LogP contribution in [0.4, 0.5) is 10.1 Å². The average Bonchev–Trinajstić information content (AvgIpc) is 2.36. The third kappa shape index (κ3) is 2.54. The minimum atomic E-state index is -0.408. The largest absolute Gasteiger partial charge is 0.454 e. The van der Waals surface area contributed by atoms with Gasteiger partial charge in [-0.25, -0.2) is 4.39 Å². The summed E-state index contributed by atoms with van der Waals surface area (Å²) >= 11 is 1.85. The van der Waals surface area contributed by atoms with Gasteiger partial charge in [0.15, 0.2) is 5.75 Å². The Hall–Kier alpha value is -1.81. The summed E-state index contributed by atoms with van der Waals surface area (Å²) in [4.78, 5) is 0. The van der Waals surface area contributed by atoms with Crippen molar-refractivity contribution in [2.45, 2.75) is 0 Å². The zero-order valence-corrected chi connectivity index (χ0v) is 11.3. The number of benzene rings is 2. The lowest BCUT2D eigenvalue weighted by atomic mass is 10.2. The van der Waals surface area contributed by atoms with Gasteiger partial charge in [-0.05, 0) is 40.8 Å². The second kappa shape index (κ2) is 5.23. The molecule has 2 aromatic rings. The maximum atomic E-state index is 13.4. The molecule has 0 aliphatic rings.